The van der Waals surface area contributed by atoms with Crippen molar-refractivity contribution in [3.05, 3.63) is 111 Å². The number of carbonyl (C=O) groups is 3. The lowest BCUT2D eigenvalue weighted by molar-refractivity contribution is -0.387. The van der Waals surface area contributed by atoms with Crippen molar-refractivity contribution in [2.45, 2.75) is 44.4 Å². The second-order valence-corrected chi connectivity index (χ2v) is 9.86. The molecule has 3 aromatic rings. The first-order chi connectivity index (χ1) is 19.7. The summed E-state index contributed by atoms with van der Waals surface area (Å²) >= 11 is 0. The van der Waals surface area contributed by atoms with Gasteiger partial charge in [-0.2, -0.15) is 4.39 Å². The molecular weight excluding hydrogens is 529 g/mol. The number of carboxylic acids is 1. The number of hydrogen-bond acceptors (Lipinski definition) is 5. The van der Waals surface area contributed by atoms with Crippen LogP contribution in [0.3, 0.4) is 0 Å². The van der Waals surface area contributed by atoms with Gasteiger partial charge in [0.25, 0.3) is 5.91 Å². The van der Waals surface area contributed by atoms with Crippen molar-refractivity contribution in [1.29, 1.82) is 0 Å². The van der Waals surface area contributed by atoms with Crippen molar-refractivity contribution in [3.8, 4) is 0 Å². The van der Waals surface area contributed by atoms with E-state index in [-0.39, 0.29) is 25.1 Å². The van der Waals surface area contributed by atoms with Crippen molar-refractivity contribution in [2.75, 3.05) is 11.9 Å². The van der Waals surface area contributed by atoms with Crippen molar-refractivity contribution in [3.63, 3.8) is 0 Å². The van der Waals surface area contributed by atoms with Crippen LogP contribution in [0.15, 0.2) is 72.8 Å². The molecule has 10 heteroatoms. The lowest BCUT2D eigenvalue weighted by Gasteiger charge is -2.19. The Labute approximate surface area is 236 Å². The summed E-state index contributed by atoms with van der Waals surface area (Å²) in [4.78, 5) is 46.8. The molecule has 1 aliphatic carbocycles. The Morgan fingerprint density at radius 2 is 1.73 bits per heavy atom. The van der Waals surface area contributed by atoms with Gasteiger partial charge < -0.3 is 15.7 Å². The molecule has 2 amide bonds. The molecule has 212 valence electrons. The van der Waals surface area contributed by atoms with Crippen LogP contribution in [-0.2, 0) is 16.0 Å². The summed E-state index contributed by atoms with van der Waals surface area (Å²) in [5, 5.41) is 25.2. The molecule has 4 rings (SSSR count). The summed E-state index contributed by atoms with van der Waals surface area (Å²) in [6.45, 7) is 0.00656. The van der Waals surface area contributed by atoms with Gasteiger partial charge in [0.15, 0.2) is 0 Å². The van der Waals surface area contributed by atoms with Crippen molar-refractivity contribution < 1.29 is 28.8 Å². The number of carboxylic acid groups (broad SMARTS) is 1. The zero-order valence-corrected chi connectivity index (χ0v) is 22.3. The Hall–Kier alpha value is -4.86. The maximum absolute atomic E-state index is 13.8. The summed E-state index contributed by atoms with van der Waals surface area (Å²) in [5.41, 5.74) is 3.59. The molecule has 3 N–H and O–H groups in total. The predicted molar refractivity (Wildman–Crippen MR) is 152 cm³/mol. The van der Waals surface area contributed by atoms with Crippen LogP contribution in [-0.4, -0.2) is 34.4 Å². The lowest BCUT2D eigenvalue weighted by Crippen LogP contribution is -2.26. The van der Waals surface area contributed by atoms with E-state index in [1.807, 2.05) is 24.3 Å². The first-order valence-electron chi connectivity index (χ1n) is 13.3. The second-order valence-electron chi connectivity index (χ2n) is 9.86. The van der Waals surface area contributed by atoms with Gasteiger partial charge in [-0.3, -0.25) is 24.5 Å². The number of amides is 2. The van der Waals surface area contributed by atoms with Crippen molar-refractivity contribution in [1.82, 2.24) is 5.32 Å². The molecule has 0 spiro atoms. The molecule has 0 radical (unpaired) electrons. The molecule has 0 bridgehead atoms. The van der Waals surface area contributed by atoms with Gasteiger partial charge in [-0.05, 0) is 78.6 Å². The minimum atomic E-state index is -1.01. The molecule has 41 heavy (non-hydrogen) atoms. The number of carbonyl (C=O) groups excluding carboxylic acids is 2. The number of allylic oxidation sites excluding steroid dienone is 2. The highest BCUT2D eigenvalue weighted by atomic mass is 19.1. The number of rotatable bonds is 11. The monoisotopic (exact) mass is 559 g/mol. The van der Waals surface area contributed by atoms with Gasteiger partial charge in [-0.1, -0.05) is 42.5 Å². The van der Waals surface area contributed by atoms with Crippen LogP contribution < -0.4 is 10.6 Å². The second kappa shape index (κ2) is 13.5. The third-order valence-electron chi connectivity index (χ3n) is 6.98. The van der Waals surface area contributed by atoms with E-state index in [1.54, 1.807) is 24.3 Å². The molecule has 0 aromatic heterocycles. The van der Waals surface area contributed by atoms with E-state index in [9.17, 15) is 28.9 Å². The van der Waals surface area contributed by atoms with Crippen molar-refractivity contribution in [2.24, 2.45) is 0 Å². The molecule has 1 atom stereocenters. The van der Waals surface area contributed by atoms with E-state index >= 15 is 0 Å². The van der Waals surface area contributed by atoms with E-state index in [0.29, 0.717) is 5.56 Å². The number of nitrogens with one attached hydrogen (secondary N) is 2. The SMILES string of the molecule is O=C(O)CCNC(=O)c1ccc(CC(C(=O)Nc2ccc(F)c([N+](=O)[O-])c2)c2ccc(C3=CCCCC3)cc2)cc1. The van der Waals surface area contributed by atoms with Gasteiger partial charge in [0.2, 0.25) is 11.7 Å². The minimum Gasteiger partial charge on any atom is -0.481 e. The Morgan fingerprint density at radius 3 is 2.37 bits per heavy atom. The predicted octanol–water partition coefficient (Wildman–Crippen LogP) is 5.86. The summed E-state index contributed by atoms with van der Waals surface area (Å²) in [6, 6.07) is 17.6. The molecule has 0 heterocycles. The first-order valence-corrected chi connectivity index (χ1v) is 13.3. The molecule has 1 unspecified atom stereocenters. The fraction of sp³-hybridized carbons (Fsp3) is 0.258. The molecule has 0 saturated carbocycles. The van der Waals surface area contributed by atoms with Crippen molar-refractivity contribution >= 4 is 34.7 Å². The van der Waals surface area contributed by atoms with Gasteiger partial charge in [0.1, 0.15) is 0 Å². The number of nitro benzene ring substituents is 1. The molecule has 0 aliphatic heterocycles. The average Bonchev–Trinajstić information content (AvgIpc) is 2.97. The summed E-state index contributed by atoms with van der Waals surface area (Å²) < 4.78 is 13.8. The van der Waals surface area contributed by atoms with Crippen LogP contribution in [0.4, 0.5) is 15.8 Å². The maximum atomic E-state index is 13.8. The van der Waals surface area contributed by atoms with E-state index in [4.69, 9.17) is 5.11 Å². The molecule has 1 aliphatic rings. The topological polar surface area (TPSA) is 139 Å². The zero-order chi connectivity index (χ0) is 29.4. The van der Waals surface area contributed by atoms with Gasteiger partial charge >= 0.3 is 11.7 Å². The Morgan fingerprint density at radius 1 is 1.00 bits per heavy atom. The van der Waals surface area contributed by atoms with Crippen LogP contribution in [0.5, 0.6) is 0 Å². The molecule has 3 aromatic carbocycles. The standard InChI is InChI=1S/C31H30FN3O6/c32-27-15-14-25(19-28(27)35(40)41)34-31(39)26(23-12-10-22(11-13-23)21-4-2-1-3-5-21)18-20-6-8-24(9-7-20)30(38)33-17-16-29(36)37/h4,6-15,19,26H,1-3,5,16-18H2,(H,33,38)(H,34,39)(H,36,37). The minimum absolute atomic E-state index is 0.00656. The fourth-order valence-corrected chi connectivity index (χ4v) is 4.76. The lowest BCUT2D eigenvalue weighted by atomic mass is 9.88. The number of nitrogens with zero attached hydrogens (tertiary/aromatic N) is 1. The highest BCUT2D eigenvalue weighted by Gasteiger charge is 2.24. The zero-order valence-electron chi connectivity index (χ0n) is 22.3. The van der Waals surface area contributed by atoms with E-state index in [2.05, 4.69) is 16.7 Å². The van der Waals surface area contributed by atoms with Crippen LogP contribution in [0.25, 0.3) is 5.57 Å². The molecule has 0 fully saturated rings. The quantitative estimate of drug-likeness (QED) is 0.199. The van der Waals surface area contributed by atoms with Crippen LogP contribution in [0.2, 0.25) is 0 Å². The van der Waals surface area contributed by atoms with Crippen LogP contribution in [0, 0.1) is 15.9 Å². The van der Waals surface area contributed by atoms with Gasteiger partial charge in [-0.25, -0.2) is 0 Å². The number of nitro groups is 1. The van der Waals surface area contributed by atoms with Gasteiger partial charge in [-0.15, -0.1) is 0 Å². The highest BCUT2D eigenvalue weighted by Crippen LogP contribution is 2.30. The average molecular weight is 560 g/mol. The molecular formula is C31H30FN3O6. The summed E-state index contributed by atoms with van der Waals surface area (Å²) in [7, 11) is 0. The Kier molecular flexibility index (Phi) is 9.57. The number of hydrogen-bond donors (Lipinski definition) is 3. The van der Waals surface area contributed by atoms with E-state index in [1.165, 1.54) is 18.1 Å². The highest BCUT2D eigenvalue weighted by molar-refractivity contribution is 5.96. The van der Waals surface area contributed by atoms with E-state index in [0.717, 1.165) is 48.1 Å². The number of anilines is 1. The number of aliphatic carboxylic acids is 1. The molecule has 0 saturated heterocycles. The third kappa shape index (κ3) is 7.84. The Bertz CT molecular complexity index is 1470. The summed E-state index contributed by atoms with van der Waals surface area (Å²) in [5.74, 6) is -3.53. The van der Waals surface area contributed by atoms with Gasteiger partial charge in [0.05, 0.1) is 17.3 Å². The normalized spacial score (nSPS) is 13.5. The van der Waals surface area contributed by atoms with Gasteiger partial charge in [0, 0.05) is 23.9 Å². The molecule has 9 nitrogen and oxygen atoms in total. The summed E-state index contributed by atoms with van der Waals surface area (Å²) in [6.07, 6.45) is 6.67. The van der Waals surface area contributed by atoms with Crippen LogP contribution >= 0.6 is 0 Å². The van der Waals surface area contributed by atoms with Crippen LogP contribution in [0.1, 0.15) is 65.1 Å². The Balaban J connectivity index is 1.56. The smallest absolute Gasteiger partial charge is 0.306 e. The maximum Gasteiger partial charge on any atom is 0.306 e. The van der Waals surface area contributed by atoms with E-state index < -0.39 is 40.1 Å². The number of halogens is 1. The fourth-order valence-electron chi connectivity index (χ4n) is 4.76. The number of benzene rings is 3. The third-order valence-corrected chi connectivity index (χ3v) is 6.98. The first kappa shape index (κ1) is 29.1. The largest absolute Gasteiger partial charge is 0.481 e.